The molecule has 0 fully saturated rings. The van der Waals surface area contributed by atoms with Crippen molar-refractivity contribution in [1.29, 1.82) is 0 Å². The van der Waals surface area contributed by atoms with E-state index in [1.165, 1.54) is 10.9 Å². The van der Waals surface area contributed by atoms with E-state index in [4.69, 9.17) is 10.5 Å². The fourth-order valence-corrected chi connectivity index (χ4v) is 1.58. The number of esters is 1. The van der Waals surface area contributed by atoms with Crippen LogP contribution in [-0.4, -0.2) is 22.4 Å². The highest BCUT2D eigenvalue weighted by atomic mass is 16.5. The number of rotatable bonds is 4. The average Bonchev–Trinajstić information content (AvgIpc) is 2.79. The van der Waals surface area contributed by atoms with E-state index in [0.717, 1.165) is 5.56 Å². The Morgan fingerprint density at radius 3 is 2.84 bits per heavy atom. The minimum absolute atomic E-state index is 0.269. The van der Waals surface area contributed by atoms with Crippen molar-refractivity contribution in [3.05, 3.63) is 47.7 Å². The fourth-order valence-electron chi connectivity index (χ4n) is 1.58. The number of ether oxygens (including phenoxy) is 1. The quantitative estimate of drug-likeness (QED) is 0.853. The highest BCUT2D eigenvalue weighted by Gasteiger charge is 2.14. The van der Waals surface area contributed by atoms with Crippen molar-refractivity contribution in [3.63, 3.8) is 0 Å². The van der Waals surface area contributed by atoms with E-state index in [1.807, 2.05) is 36.4 Å². The Hall–Kier alpha value is -2.56. The Morgan fingerprint density at radius 1 is 1.42 bits per heavy atom. The lowest BCUT2D eigenvalue weighted by molar-refractivity contribution is 0.0527. The van der Waals surface area contributed by atoms with Crippen molar-refractivity contribution < 1.29 is 9.53 Å². The van der Waals surface area contributed by atoms with Gasteiger partial charge in [-0.3, -0.25) is 0 Å². The number of nitrogens with two attached hydrogens (primary N) is 1. The summed E-state index contributed by atoms with van der Waals surface area (Å²) >= 11 is 0. The van der Waals surface area contributed by atoms with Crippen LogP contribution < -0.4 is 5.73 Å². The topological polar surface area (TPSA) is 70.1 Å². The van der Waals surface area contributed by atoms with Crippen LogP contribution in [0.2, 0.25) is 0 Å². The van der Waals surface area contributed by atoms with Crippen molar-refractivity contribution in [1.82, 2.24) is 9.78 Å². The van der Waals surface area contributed by atoms with Gasteiger partial charge in [0.25, 0.3) is 0 Å². The standard InChI is InChI=1S/C14H15N3O2/c1-2-19-14(18)12-10-16-17(13(12)15)9-8-11-6-4-3-5-7-11/h3-10H,2,15H2,1H3. The molecule has 98 valence electrons. The van der Waals surface area contributed by atoms with Crippen LogP contribution in [0.4, 0.5) is 5.82 Å². The molecule has 5 nitrogen and oxygen atoms in total. The van der Waals surface area contributed by atoms with E-state index >= 15 is 0 Å². The van der Waals surface area contributed by atoms with Crippen LogP contribution in [0.3, 0.4) is 0 Å². The molecule has 0 saturated carbocycles. The van der Waals surface area contributed by atoms with Crippen LogP contribution in [0.15, 0.2) is 36.5 Å². The molecule has 5 heteroatoms. The van der Waals surface area contributed by atoms with Crippen LogP contribution in [0.25, 0.3) is 12.3 Å². The zero-order valence-electron chi connectivity index (χ0n) is 10.6. The lowest BCUT2D eigenvalue weighted by Crippen LogP contribution is -2.07. The molecule has 0 amide bonds. The van der Waals surface area contributed by atoms with Gasteiger partial charge >= 0.3 is 5.97 Å². The number of nitrogen functional groups attached to an aromatic ring is 1. The van der Waals surface area contributed by atoms with Gasteiger partial charge in [0, 0.05) is 6.20 Å². The van der Waals surface area contributed by atoms with Gasteiger partial charge in [-0.2, -0.15) is 5.10 Å². The Bertz CT molecular complexity index is 588. The number of carbonyl (C=O) groups is 1. The highest BCUT2D eigenvalue weighted by Crippen LogP contribution is 2.13. The van der Waals surface area contributed by atoms with Crippen molar-refractivity contribution in [2.75, 3.05) is 12.3 Å². The van der Waals surface area contributed by atoms with Crippen molar-refractivity contribution in [2.45, 2.75) is 6.92 Å². The Balaban J connectivity index is 2.19. The third-order valence-corrected chi connectivity index (χ3v) is 2.54. The SMILES string of the molecule is CCOC(=O)c1cnn(C=Cc2ccccc2)c1N. The summed E-state index contributed by atoms with van der Waals surface area (Å²) in [5.74, 6) is -0.190. The second-order valence-electron chi connectivity index (χ2n) is 3.83. The maximum atomic E-state index is 11.6. The first kappa shape index (κ1) is 12.9. The van der Waals surface area contributed by atoms with Crippen molar-refractivity contribution in [3.8, 4) is 0 Å². The van der Waals surface area contributed by atoms with Gasteiger partial charge in [-0.25, -0.2) is 9.48 Å². The molecular weight excluding hydrogens is 242 g/mol. The number of nitrogens with zero attached hydrogens (tertiary/aromatic N) is 2. The van der Waals surface area contributed by atoms with Crippen LogP contribution in [-0.2, 0) is 4.74 Å². The summed E-state index contributed by atoms with van der Waals surface area (Å²) in [7, 11) is 0. The van der Waals surface area contributed by atoms with E-state index in [0.29, 0.717) is 6.61 Å². The van der Waals surface area contributed by atoms with Crippen molar-refractivity contribution in [2.24, 2.45) is 0 Å². The maximum absolute atomic E-state index is 11.6. The molecule has 1 heterocycles. The summed E-state index contributed by atoms with van der Waals surface area (Å²) in [6.45, 7) is 2.05. The van der Waals surface area contributed by atoms with Gasteiger partial charge in [-0.15, -0.1) is 0 Å². The normalized spacial score (nSPS) is 10.8. The lowest BCUT2D eigenvalue weighted by atomic mass is 10.2. The molecule has 0 spiro atoms. The number of benzene rings is 1. The zero-order chi connectivity index (χ0) is 13.7. The summed E-state index contributed by atoms with van der Waals surface area (Å²) in [6.07, 6.45) is 4.97. The molecule has 0 atom stereocenters. The first-order valence-electron chi connectivity index (χ1n) is 5.95. The molecule has 19 heavy (non-hydrogen) atoms. The first-order chi connectivity index (χ1) is 9.22. The van der Waals surface area contributed by atoms with Gasteiger partial charge in [0.05, 0.1) is 12.8 Å². The van der Waals surface area contributed by atoms with Crippen LogP contribution in [0, 0.1) is 0 Å². The summed E-state index contributed by atoms with van der Waals surface area (Å²) < 4.78 is 6.33. The van der Waals surface area contributed by atoms with Gasteiger partial charge in [0.15, 0.2) is 0 Å². The summed E-state index contributed by atoms with van der Waals surface area (Å²) in [4.78, 5) is 11.6. The van der Waals surface area contributed by atoms with E-state index in [1.54, 1.807) is 13.1 Å². The predicted molar refractivity (Wildman–Crippen MR) is 74.3 cm³/mol. The van der Waals surface area contributed by atoms with Crippen LogP contribution >= 0.6 is 0 Å². The smallest absolute Gasteiger partial charge is 0.343 e. The fraction of sp³-hybridized carbons (Fsp3) is 0.143. The van der Waals surface area contributed by atoms with E-state index in [9.17, 15) is 4.79 Å². The average molecular weight is 257 g/mol. The molecular formula is C14H15N3O2. The second kappa shape index (κ2) is 5.86. The van der Waals surface area contributed by atoms with E-state index in [-0.39, 0.29) is 11.4 Å². The summed E-state index contributed by atoms with van der Waals surface area (Å²) in [5, 5.41) is 4.04. The Labute approximate surface area is 111 Å². The third-order valence-electron chi connectivity index (χ3n) is 2.54. The van der Waals surface area contributed by atoms with Gasteiger partial charge in [-0.05, 0) is 18.6 Å². The minimum Gasteiger partial charge on any atom is -0.462 e. The van der Waals surface area contributed by atoms with Gasteiger partial charge in [0.2, 0.25) is 0 Å². The highest BCUT2D eigenvalue weighted by molar-refractivity contribution is 5.94. The molecule has 2 aromatic rings. The predicted octanol–water partition coefficient (Wildman–Crippen LogP) is 2.27. The molecule has 0 aliphatic carbocycles. The van der Waals surface area contributed by atoms with E-state index < -0.39 is 5.97 Å². The third kappa shape index (κ3) is 3.01. The van der Waals surface area contributed by atoms with Crippen LogP contribution in [0.1, 0.15) is 22.8 Å². The van der Waals surface area contributed by atoms with Crippen LogP contribution in [0.5, 0.6) is 0 Å². The van der Waals surface area contributed by atoms with Gasteiger partial charge in [-0.1, -0.05) is 30.3 Å². The van der Waals surface area contributed by atoms with Gasteiger partial charge < -0.3 is 10.5 Å². The molecule has 1 aromatic heterocycles. The summed E-state index contributed by atoms with van der Waals surface area (Å²) in [5.41, 5.74) is 7.15. The van der Waals surface area contributed by atoms with Gasteiger partial charge in [0.1, 0.15) is 11.4 Å². The molecule has 0 unspecified atom stereocenters. The molecule has 2 N–H and O–H groups in total. The zero-order valence-corrected chi connectivity index (χ0v) is 10.6. The first-order valence-corrected chi connectivity index (χ1v) is 5.95. The second-order valence-corrected chi connectivity index (χ2v) is 3.83. The number of hydrogen-bond donors (Lipinski definition) is 1. The molecule has 2 rings (SSSR count). The molecule has 0 aliphatic rings. The molecule has 0 aliphatic heterocycles. The Morgan fingerprint density at radius 2 is 2.16 bits per heavy atom. The number of anilines is 1. The summed E-state index contributed by atoms with van der Waals surface area (Å²) in [6, 6.07) is 9.75. The Kier molecular flexibility index (Phi) is 3.97. The molecule has 0 bridgehead atoms. The van der Waals surface area contributed by atoms with E-state index in [2.05, 4.69) is 5.10 Å². The monoisotopic (exact) mass is 257 g/mol. The number of hydrogen-bond acceptors (Lipinski definition) is 4. The number of aromatic nitrogens is 2. The minimum atomic E-state index is -0.459. The number of carbonyl (C=O) groups excluding carboxylic acids is 1. The molecule has 1 aromatic carbocycles. The molecule has 0 saturated heterocycles. The maximum Gasteiger partial charge on any atom is 0.343 e. The largest absolute Gasteiger partial charge is 0.462 e. The van der Waals surface area contributed by atoms with Crippen molar-refractivity contribution >= 4 is 24.1 Å². The lowest BCUT2D eigenvalue weighted by Gasteiger charge is -2.00. The molecule has 0 radical (unpaired) electrons.